The fourth-order valence-corrected chi connectivity index (χ4v) is 0.893. The number of carbonyl (C=O) groups is 4. The molecule has 0 spiro atoms. The van der Waals surface area contributed by atoms with Crippen LogP contribution in [0.1, 0.15) is 20.3 Å². The summed E-state index contributed by atoms with van der Waals surface area (Å²) in [6.07, 6.45) is -0.525. The highest BCUT2D eigenvalue weighted by molar-refractivity contribution is 6.38. The van der Waals surface area contributed by atoms with Gasteiger partial charge in [-0.2, -0.15) is 0 Å². The Morgan fingerprint density at radius 3 is 2.19 bits per heavy atom. The van der Waals surface area contributed by atoms with Crippen LogP contribution in [0.4, 0.5) is 0 Å². The van der Waals surface area contributed by atoms with Crippen molar-refractivity contribution < 1.29 is 28.7 Å². The maximum Gasteiger partial charge on any atom is 0.375 e. The zero-order valence-electron chi connectivity index (χ0n) is 9.44. The Hall–Kier alpha value is -1.72. The van der Waals surface area contributed by atoms with E-state index < -0.39 is 35.8 Å². The van der Waals surface area contributed by atoms with Gasteiger partial charge in [-0.25, -0.2) is 4.79 Å². The van der Waals surface area contributed by atoms with Crippen LogP contribution in [0.5, 0.6) is 0 Å². The lowest BCUT2D eigenvalue weighted by molar-refractivity contribution is -0.157. The topological polar surface area (TPSA) is 86.7 Å². The van der Waals surface area contributed by atoms with Crippen molar-refractivity contribution in [2.45, 2.75) is 20.3 Å². The van der Waals surface area contributed by atoms with Crippen LogP contribution in [0.2, 0.25) is 0 Å². The standard InChI is InChI=1S/C10H14O6/c1-4-16-10(14)9(13)6(2)7(11)5-8(12)15-3/h6H,4-5H2,1-3H3. The Morgan fingerprint density at radius 1 is 1.19 bits per heavy atom. The van der Waals surface area contributed by atoms with Crippen LogP contribution in [-0.2, 0) is 28.7 Å². The number of hydrogen-bond acceptors (Lipinski definition) is 6. The van der Waals surface area contributed by atoms with E-state index in [-0.39, 0.29) is 6.61 Å². The van der Waals surface area contributed by atoms with Gasteiger partial charge in [0.1, 0.15) is 6.42 Å². The molecule has 1 atom stereocenters. The third-order valence-electron chi connectivity index (χ3n) is 1.90. The molecule has 0 bridgehead atoms. The molecular formula is C10H14O6. The molecule has 16 heavy (non-hydrogen) atoms. The third-order valence-corrected chi connectivity index (χ3v) is 1.90. The van der Waals surface area contributed by atoms with Crippen molar-refractivity contribution in [3.8, 4) is 0 Å². The quantitative estimate of drug-likeness (QED) is 0.359. The van der Waals surface area contributed by atoms with Crippen molar-refractivity contribution in [1.82, 2.24) is 0 Å². The zero-order valence-corrected chi connectivity index (χ0v) is 9.44. The molecular weight excluding hydrogens is 216 g/mol. The molecule has 1 unspecified atom stereocenters. The smallest absolute Gasteiger partial charge is 0.375 e. The molecule has 0 aromatic rings. The predicted octanol–water partition coefficient (Wildman–Crippen LogP) is -0.113. The van der Waals surface area contributed by atoms with Gasteiger partial charge in [0, 0.05) is 0 Å². The molecule has 0 aromatic carbocycles. The monoisotopic (exact) mass is 230 g/mol. The number of esters is 2. The van der Waals surface area contributed by atoms with Crippen molar-refractivity contribution in [2.24, 2.45) is 5.92 Å². The van der Waals surface area contributed by atoms with E-state index in [1.807, 2.05) is 0 Å². The van der Waals surface area contributed by atoms with E-state index in [1.54, 1.807) is 6.92 Å². The van der Waals surface area contributed by atoms with E-state index in [4.69, 9.17) is 0 Å². The molecule has 6 nitrogen and oxygen atoms in total. The van der Waals surface area contributed by atoms with Gasteiger partial charge in [-0.15, -0.1) is 0 Å². The maximum atomic E-state index is 11.3. The van der Waals surface area contributed by atoms with Gasteiger partial charge in [-0.3, -0.25) is 14.4 Å². The van der Waals surface area contributed by atoms with Crippen molar-refractivity contribution in [2.75, 3.05) is 13.7 Å². The average molecular weight is 230 g/mol. The van der Waals surface area contributed by atoms with E-state index in [9.17, 15) is 19.2 Å². The van der Waals surface area contributed by atoms with Crippen LogP contribution in [-0.4, -0.2) is 37.2 Å². The summed E-state index contributed by atoms with van der Waals surface area (Å²) in [6.45, 7) is 2.86. The van der Waals surface area contributed by atoms with Crippen LogP contribution in [0.3, 0.4) is 0 Å². The number of carbonyl (C=O) groups excluding carboxylic acids is 4. The molecule has 0 saturated heterocycles. The molecule has 0 saturated carbocycles. The Balaban J connectivity index is 4.38. The van der Waals surface area contributed by atoms with Crippen molar-refractivity contribution in [1.29, 1.82) is 0 Å². The fraction of sp³-hybridized carbons (Fsp3) is 0.600. The summed E-state index contributed by atoms with van der Waals surface area (Å²) in [6, 6.07) is 0. The Labute approximate surface area is 92.9 Å². The molecule has 0 aliphatic heterocycles. The number of Topliss-reactive ketones (excluding diaryl/α,β-unsaturated/α-hetero) is 2. The second-order valence-electron chi connectivity index (χ2n) is 3.03. The minimum Gasteiger partial charge on any atom is -0.469 e. The molecule has 0 aliphatic carbocycles. The molecule has 0 fully saturated rings. The lowest BCUT2D eigenvalue weighted by Gasteiger charge is -2.07. The first kappa shape index (κ1) is 14.3. The van der Waals surface area contributed by atoms with E-state index >= 15 is 0 Å². The summed E-state index contributed by atoms with van der Waals surface area (Å²) in [4.78, 5) is 44.4. The summed E-state index contributed by atoms with van der Waals surface area (Å²) < 4.78 is 8.72. The molecule has 0 radical (unpaired) electrons. The highest BCUT2D eigenvalue weighted by Crippen LogP contribution is 2.05. The number of ketones is 2. The van der Waals surface area contributed by atoms with E-state index in [0.717, 1.165) is 7.11 Å². The molecule has 0 heterocycles. The minimum atomic E-state index is -1.18. The number of methoxy groups -OCH3 is 1. The van der Waals surface area contributed by atoms with E-state index in [1.165, 1.54) is 6.92 Å². The molecule has 90 valence electrons. The molecule has 0 aromatic heterocycles. The lowest BCUT2D eigenvalue weighted by atomic mass is 9.99. The van der Waals surface area contributed by atoms with Crippen LogP contribution < -0.4 is 0 Å². The summed E-state index contributed by atoms with van der Waals surface area (Å²) in [5.74, 6) is -4.60. The molecule has 0 rings (SSSR count). The van der Waals surface area contributed by atoms with E-state index in [0.29, 0.717) is 0 Å². The van der Waals surface area contributed by atoms with E-state index in [2.05, 4.69) is 9.47 Å². The third kappa shape index (κ3) is 4.20. The Morgan fingerprint density at radius 2 is 1.75 bits per heavy atom. The average Bonchev–Trinajstić information content (AvgIpc) is 2.26. The van der Waals surface area contributed by atoms with Gasteiger partial charge in [0.2, 0.25) is 5.78 Å². The van der Waals surface area contributed by atoms with Crippen LogP contribution in [0, 0.1) is 5.92 Å². The van der Waals surface area contributed by atoms with Gasteiger partial charge in [-0.1, -0.05) is 0 Å². The summed E-state index contributed by atoms with van der Waals surface area (Å²) in [5.41, 5.74) is 0. The first-order valence-corrected chi connectivity index (χ1v) is 4.74. The van der Waals surface area contributed by atoms with Gasteiger partial charge in [0.15, 0.2) is 5.78 Å². The van der Waals surface area contributed by atoms with Gasteiger partial charge < -0.3 is 9.47 Å². The van der Waals surface area contributed by atoms with Gasteiger partial charge in [-0.05, 0) is 13.8 Å². The van der Waals surface area contributed by atoms with Gasteiger partial charge in [0.25, 0.3) is 0 Å². The maximum absolute atomic E-state index is 11.3. The summed E-state index contributed by atoms with van der Waals surface area (Å²) in [7, 11) is 1.13. The minimum absolute atomic E-state index is 0.0580. The van der Waals surface area contributed by atoms with Crippen LogP contribution in [0.15, 0.2) is 0 Å². The van der Waals surface area contributed by atoms with Crippen molar-refractivity contribution in [3.05, 3.63) is 0 Å². The van der Waals surface area contributed by atoms with Gasteiger partial charge in [0.05, 0.1) is 19.6 Å². The fourth-order valence-electron chi connectivity index (χ4n) is 0.893. The Bertz CT molecular complexity index is 306. The summed E-state index contributed by atoms with van der Waals surface area (Å²) >= 11 is 0. The normalized spacial score (nSPS) is 11.4. The Kier molecular flexibility index (Phi) is 5.99. The molecule has 0 aliphatic rings. The van der Waals surface area contributed by atoms with Crippen molar-refractivity contribution in [3.63, 3.8) is 0 Å². The van der Waals surface area contributed by atoms with Gasteiger partial charge >= 0.3 is 11.9 Å². The predicted molar refractivity (Wildman–Crippen MR) is 52.4 cm³/mol. The largest absolute Gasteiger partial charge is 0.469 e. The number of hydrogen-bond donors (Lipinski definition) is 0. The van der Waals surface area contributed by atoms with Crippen LogP contribution in [0.25, 0.3) is 0 Å². The highest BCUT2D eigenvalue weighted by atomic mass is 16.5. The first-order valence-electron chi connectivity index (χ1n) is 4.74. The van der Waals surface area contributed by atoms with Crippen LogP contribution >= 0.6 is 0 Å². The van der Waals surface area contributed by atoms with Crippen molar-refractivity contribution >= 4 is 23.5 Å². The second-order valence-corrected chi connectivity index (χ2v) is 3.03. The SMILES string of the molecule is CCOC(=O)C(=O)C(C)C(=O)CC(=O)OC. The molecule has 6 heteroatoms. The summed E-state index contributed by atoms with van der Waals surface area (Å²) in [5, 5.41) is 0. The molecule has 0 amide bonds. The lowest BCUT2D eigenvalue weighted by Crippen LogP contribution is -2.30. The highest BCUT2D eigenvalue weighted by Gasteiger charge is 2.29. The molecule has 0 N–H and O–H groups in total. The second kappa shape index (κ2) is 6.71. The first-order chi connectivity index (χ1) is 7.43. The number of rotatable bonds is 6. The number of ether oxygens (including phenoxy) is 2. The zero-order chi connectivity index (χ0) is 12.7.